The number of hydrogen-bond donors (Lipinski definition) is 1. The van der Waals surface area contributed by atoms with Gasteiger partial charge in [0.25, 0.3) is 0 Å². The van der Waals surface area contributed by atoms with Crippen molar-refractivity contribution in [3.05, 3.63) is 59.6 Å². The van der Waals surface area contributed by atoms with E-state index < -0.39 is 0 Å². The zero-order chi connectivity index (χ0) is 14.8. The molecule has 0 fully saturated rings. The van der Waals surface area contributed by atoms with Gasteiger partial charge in [-0.3, -0.25) is 0 Å². The molecule has 0 saturated heterocycles. The highest BCUT2D eigenvalue weighted by Gasteiger charge is 2.09. The Bertz CT molecular complexity index is 801. The van der Waals surface area contributed by atoms with Gasteiger partial charge in [0.1, 0.15) is 0 Å². The predicted molar refractivity (Wildman–Crippen MR) is 91.8 cm³/mol. The van der Waals surface area contributed by atoms with Gasteiger partial charge in [-0.25, -0.2) is 0 Å². The lowest BCUT2D eigenvalue weighted by atomic mass is 10.1. The molecule has 1 heterocycles. The molecule has 0 saturated carbocycles. The second-order valence-electron chi connectivity index (χ2n) is 5.23. The molecule has 3 rings (SSSR count). The molecule has 0 aliphatic rings. The predicted octanol–water partition coefficient (Wildman–Crippen LogP) is 4.66. The van der Waals surface area contributed by atoms with Gasteiger partial charge in [-0.1, -0.05) is 42.4 Å². The van der Waals surface area contributed by atoms with Crippen LogP contribution in [-0.2, 0) is 13.1 Å². The molecule has 2 nitrogen and oxygen atoms in total. The summed E-state index contributed by atoms with van der Waals surface area (Å²) in [6.07, 6.45) is 0. The quantitative estimate of drug-likeness (QED) is 0.725. The zero-order valence-electron chi connectivity index (χ0n) is 12.2. The Hall–Kier alpha value is -1.77. The summed E-state index contributed by atoms with van der Waals surface area (Å²) in [4.78, 5) is 0. The van der Waals surface area contributed by atoms with E-state index in [1.807, 2.05) is 0 Å². The summed E-state index contributed by atoms with van der Waals surface area (Å²) in [7, 11) is 0. The van der Waals surface area contributed by atoms with Crippen LogP contribution in [0.1, 0.15) is 12.5 Å². The van der Waals surface area contributed by atoms with Crippen molar-refractivity contribution in [2.24, 2.45) is 0 Å². The Morgan fingerprint density at radius 3 is 2.67 bits per heavy atom. The van der Waals surface area contributed by atoms with Gasteiger partial charge in [0.15, 0.2) is 0 Å². The van der Waals surface area contributed by atoms with Gasteiger partial charge in [0, 0.05) is 46.5 Å². The van der Waals surface area contributed by atoms with Gasteiger partial charge in [-0.2, -0.15) is 0 Å². The molecule has 0 bridgehead atoms. The van der Waals surface area contributed by atoms with E-state index in [1.165, 1.54) is 27.4 Å². The van der Waals surface area contributed by atoms with E-state index in [9.17, 15) is 0 Å². The first kappa shape index (κ1) is 14.2. The largest absolute Gasteiger partial charge is 0.341 e. The lowest BCUT2D eigenvalue weighted by molar-refractivity contribution is 0.755. The summed E-state index contributed by atoms with van der Waals surface area (Å²) >= 11 is 5.78. The maximum absolute atomic E-state index is 5.78. The fraction of sp³-hybridized carbons (Fsp3) is 0.222. The minimum atomic E-state index is 0.635. The number of benzene rings is 2. The highest BCUT2D eigenvalue weighted by Crippen LogP contribution is 2.29. The molecular formula is C18H19ClN2. The summed E-state index contributed by atoms with van der Waals surface area (Å²) in [6.45, 7) is 8.29. The maximum atomic E-state index is 5.78. The van der Waals surface area contributed by atoms with Crippen molar-refractivity contribution in [1.29, 1.82) is 0 Å². The number of rotatable bonds is 5. The normalized spacial score (nSPS) is 11.3. The first-order valence-corrected chi connectivity index (χ1v) is 7.62. The maximum Gasteiger partial charge on any atom is 0.0491 e. The SMILES string of the molecule is C=C(Cl)CNCc1ccc2c(c1)c1ccccc1n2CC. The molecule has 3 aromatic rings. The number of fused-ring (bicyclic) bond motifs is 3. The number of para-hydroxylation sites is 1. The van der Waals surface area contributed by atoms with Gasteiger partial charge in [-0.15, -0.1) is 0 Å². The van der Waals surface area contributed by atoms with Crippen LogP contribution >= 0.6 is 11.6 Å². The molecule has 2 aromatic carbocycles. The van der Waals surface area contributed by atoms with E-state index >= 15 is 0 Å². The van der Waals surface area contributed by atoms with E-state index in [-0.39, 0.29) is 0 Å². The summed E-state index contributed by atoms with van der Waals surface area (Å²) in [5.41, 5.74) is 3.86. The Morgan fingerprint density at radius 1 is 1.14 bits per heavy atom. The number of nitrogens with one attached hydrogen (secondary N) is 1. The summed E-state index contributed by atoms with van der Waals surface area (Å²) < 4.78 is 2.36. The average Bonchev–Trinajstić information content (AvgIpc) is 2.80. The summed E-state index contributed by atoms with van der Waals surface area (Å²) in [5, 5.41) is 6.57. The minimum absolute atomic E-state index is 0.635. The average molecular weight is 299 g/mol. The third-order valence-corrected chi connectivity index (χ3v) is 3.93. The molecule has 0 spiro atoms. The Morgan fingerprint density at radius 2 is 1.90 bits per heavy atom. The summed E-state index contributed by atoms with van der Waals surface area (Å²) in [6, 6.07) is 15.2. The van der Waals surface area contributed by atoms with Crippen molar-refractivity contribution in [1.82, 2.24) is 9.88 Å². The first-order chi connectivity index (χ1) is 10.2. The number of aromatic nitrogens is 1. The molecule has 0 amide bonds. The lowest BCUT2D eigenvalue weighted by Gasteiger charge is -2.05. The third kappa shape index (κ3) is 2.69. The van der Waals surface area contributed by atoms with Crippen molar-refractivity contribution in [3.8, 4) is 0 Å². The number of aryl methyl sites for hydroxylation is 1. The molecule has 0 atom stereocenters. The van der Waals surface area contributed by atoms with Crippen molar-refractivity contribution in [3.63, 3.8) is 0 Å². The monoisotopic (exact) mass is 298 g/mol. The minimum Gasteiger partial charge on any atom is -0.341 e. The van der Waals surface area contributed by atoms with E-state index in [4.69, 9.17) is 11.6 Å². The first-order valence-electron chi connectivity index (χ1n) is 7.24. The van der Waals surface area contributed by atoms with Crippen LogP contribution in [0.25, 0.3) is 21.8 Å². The molecule has 0 aliphatic carbocycles. The Balaban J connectivity index is 2.04. The van der Waals surface area contributed by atoms with Crippen molar-refractivity contribution >= 4 is 33.4 Å². The molecule has 21 heavy (non-hydrogen) atoms. The second-order valence-corrected chi connectivity index (χ2v) is 5.77. The van der Waals surface area contributed by atoms with Crippen LogP contribution in [0.3, 0.4) is 0 Å². The number of nitrogens with zero attached hydrogens (tertiary/aromatic N) is 1. The Kier molecular flexibility index (Phi) is 4.00. The summed E-state index contributed by atoms with van der Waals surface area (Å²) in [5.74, 6) is 0. The molecule has 1 aromatic heterocycles. The van der Waals surface area contributed by atoms with Crippen LogP contribution in [0.15, 0.2) is 54.1 Å². The smallest absolute Gasteiger partial charge is 0.0491 e. The van der Waals surface area contributed by atoms with E-state index in [2.05, 4.69) is 65.9 Å². The fourth-order valence-electron chi connectivity index (χ4n) is 2.89. The van der Waals surface area contributed by atoms with Gasteiger partial charge in [0.05, 0.1) is 0 Å². The van der Waals surface area contributed by atoms with Crippen LogP contribution in [0.2, 0.25) is 0 Å². The van der Waals surface area contributed by atoms with Crippen LogP contribution < -0.4 is 5.32 Å². The molecule has 0 unspecified atom stereocenters. The molecule has 1 N–H and O–H groups in total. The van der Waals surface area contributed by atoms with E-state index in [0.29, 0.717) is 11.6 Å². The number of hydrogen-bond acceptors (Lipinski definition) is 1. The molecule has 108 valence electrons. The molecule has 0 aliphatic heterocycles. The van der Waals surface area contributed by atoms with Crippen molar-refractivity contribution in [2.75, 3.05) is 6.54 Å². The molecule has 0 radical (unpaired) electrons. The van der Waals surface area contributed by atoms with Crippen molar-refractivity contribution in [2.45, 2.75) is 20.0 Å². The van der Waals surface area contributed by atoms with Gasteiger partial charge in [0.2, 0.25) is 0 Å². The Labute approximate surface area is 130 Å². The zero-order valence-corrected chi connectivity index (χ0v) is 13.0. The highest BCUT2D eigenvalue weighted by atomic mass is 35.5. The van der Waals surface area contributed by atoms with Crippen LogP contribution in [0.5, 0.6) is 0 Å². The second kappa shape index (κ2) is 5.92. The van der Waals surface area contributed by atoms with E-state index in [1.54, 1.807) is 0 Å². The number of halogens is 1. The van der Waals surface area contributed by atoms with Gasteiger partial charge < -0.3 is 9.88 Å². The standard InChI is InChI=1S/C18H19ClN2/c1-3-21-17-7-5-4-6-15(17)16-10-14(8-9-18(16)21)12-20-11-13(2)19/h4-10,20H,2-3,11-12H2,1H3. The van der Waals surface area contributed by atoms with E-state index in [0.717, 1.165) is 13.1 Å². The third-order valence-electron chi connectivity index (χ3n) is 3.80. The molecular weight excluding hydrogens is 280 g/mol. The van der Waals surface area contributed by atoms with Crippen LogP contribution in [-0.4, -0.2) is 11.1 Å². The van der Waals surface area contributed by atoms with Gasteiger partial charge in [-0.05, 0) is 30.7 Å². The topological polar surface area (TPSA) is 17.0 Å². The fourth-order valence-corrected chi connectivity index (χ4v) is 2.99. The molecule has 3 heteroatoms. The van der Waals surface area contributed by atoms with Crippen molar-refractivity contribution < 1.29 is 0 Å². The van der Waals surface area contributed by atoms with Crippen LogP contribution in [0.4, 0.5) is 0 Å². The highest BCUT2D eigenvalue weighted by molar-refractivity contribution is 6.29. The lowest BCUT2D eigenvalue weighted by Crippen LogP contribution is -2.14. The van der Waals surface area contributed by atoms with Gasteiger partial charge >= 0.3 is 0 Å². The van der Waals surface area contributed by atoms with Crippen LogP contribution in [0, 0.1) is 0 Å².